The number of hydrogen-bond donors (Lipinski definition) is 2. The van der Waals surface area contributed by atoms with Gasteiger partial charge in [-0.25, -0.2) is 0 Å². The second-order valence-corrected chi connectivity index (χ2v) is 6.39. The Hall–Kier alpha value is -1.94. The Kier molecular flexibility index (Phi) is 5.23. The Morgan fingerprint density at radius 1 is 1.13 bits per heavy atom. The summed E-state index contributed by atoms with van der Waals surface area (Å²) in [6, 6.07) is 16.3. The van der Waals surface area contributed by atoms with Crippen molar-refractivity contribution in [3.8, 4) is 5.75 Å². The Bertz CT molecular complexity index is 672. The summed E-state index contributed by atoms with van der Waals surface area (Å²) in [5.74, 6) is 0.902. The van der Waals surface area contributed by atoms with Crippen molar-refractivity contribution in [2.24, 2.45) is 0 Å². The lowest BCUT2D eigenvalue weighted by Gasteiger charge is -2.19. The van der Waals surface area contributed by atoms with E-state index in [0.29, 0.717) is 6.42 Å². The van der Waals surface area contributed by atoms with Crippen LogP contribution in [0.5, 0.6) is 5.75 Å². The van der Waals surface area contributed by atoms with E-state index in [4.69, 9.17) is 4.74 Å². The first-order valence-electron chi connectivity index (χ1n) is 8.02. The zero-order chi connectivity index (χ0) is 16.1. The number of amides is 1. The van der Waals surface area contributed by atoms with Crippen LogP contribution in [0.3, 0.4) is 0 Å². The zero-order valence-corrected chi connectivity index (χ0v) is 13.9. The van der Waals surface area contributed by atoms with Crippen molar-refractivity contribution < 1.29 is 9.53 Å². The van der Waals surface area contributed by atoms with E-state index in [-0.39, 0.29) is 11.3 Å². The van der Waals surface area contributed by atoms with Gasteiger partial charge in [0.05, 0.1) is 0 Å². The standard InChI is InChI=1S/C19H21NO2S/c21-18-12-9-15-13-16(10-11-17(15)20-18)22-19(23)8-4-7-14-5-2-1-3-6-14/h1-3,5-6,10-11,13,19,23H,4,7-9,12H2,(H,20,21). The number of benzene rings is 2. The van der Waals surface area contributed by atoms with E-state index < -0.39 is 0 Å². The number of carbonyl (C=O) groups is 1. The van der Waals surface area contributed by atoms with Gasteiger partial charge in [0.25, 0.3) is 0 Å². The molecule has 0 bridgehead atoms. The quantitative estimate of drug-likeness (QED) is 0.615. The summed E-state index contributed by atoms with van der Waals surface area (Å²) in [6.45, 7) is 0. The van der Waals surface area contributed by atoms with Gasteiger partial charge in [-0.1, -0.05) is 30.3 Å². The second kappa shape index (κ2) is 7.55. The molecule has 0 radical (unpaired) electrons. The molecule has 0 saturated carbocycles. The molecule has 1 heterocycles. The van der Waals surface area contributed by atoms with Crippen LogP contribution in [-0.2, 0) is 17.6 Å². The van der Waals surface area contributed by atoms with E-state index in [1.54, 1.807) is 0 Å². The third-order valence-electron chi connectivity index (χ3n) is 4.00. The minimum absolute atomic E-state index is 0.0825. The van der Waals surface area contributed by atoms with Gasteiger partial charge in [-0.15, -0.1) is 12.6 Å². The third-order valence-corrected chi connectivity index (χ3v) is 4.37. The van der Waals surface area contributed by atoms with Gasteiger partial charge in [0, 0.05) is 12.1 Å². The van der Waals surface area contributed by atoms with E-state index in [9.17, 15) is 4.79 Å². The highest BCUT2D eigenvalue weighted by molar-refractivity contribution is 7.80. The van der Waals surface area contributed by atoms with Gasteiger partial charge in [0.1, 0.15) is 11.2 Å². The maximum atomic E-state index is 11.4. The van der Waals surface area contributed by atoms with Crippen molar-refractivity contribution in [3.05, 3.63) is 59.7 Å². The van der Waals surface area contributed by atoms with Crippen LogP contribution in [0.1, 0.15) is 30.4 Å². The van der Waals surface area contributed by atoms with Crippen LogP contribution in [0.15, 0.2) is 48.5 Å². The number of nitrogens with one attached hydrogen (secondary N) is 1. The first-order valence-corrected chi connectivity index (χ1v) is 8.54. The number of rotatable bonds is 6. The molecule has 0 spiro atoms. The molecule has 1 aliphatic heterocycles. The molecule has 120 valence electrons. The normalized spacial score (nSPS) is 14.7. The van der Waals surface area contributed by atoms with E-state index in [1.165, 1.54) is 5.56 Å². The highest BCUT2D eigenvalue weighted by atomic mass is 32.1. The number of thiol groups is 1. The van der Waals surface area contributed by atoms with Gasteiger partial charge < -0.3 is 10.1 Å². The summed E-state index contributed by atoms with van der Waals surface area (Å²) in [5.41, 5.74) is 3.26. The SMILES string of the molecule is O=C1CCc2cc(OC(S)CCCc3ccccc3)ccc2N1. The zero-order valence-electron chi connectivity index (χ0n) is 13.0. The summed E-state index contributed by atoms with van der Waals surface area (Å²) in [6.07, 6.45) is 4.28. The Balaban J connectivity index is 1.50. The van der Waals surface area contributed by atoms with Gasteiger partial charge in [-0.2, -0.15) is 0 Å². The molecule has 4 heteroatoms. The van der Waals surface area contributed by atoms with Crippen LogP contribution in [0.4, 0.5) is 5.69 Å². The van der Waals surface area contributed by atoms with Gasteiger partial charge in [-0.3, -0.25) is 4.79 Å². The molecule has 1 amide bonds. The molecule has 3 nitrogen and oxygen atoms in total. The predicted molar refractivity (Wildman–Crippen MR) is 96.2 cm³/mol. The van der Waals surface area contributed by atoms with Gasteiger partial charge in [0.2, 0.25) is 5.91 Å². The lowest BCUT2D eigenvalue weighted by atomic mass is 10.0. The molecule has 2 aromatic rings. The number of ether oxygens (including phenoxy) is 1. The van der Waals surface area contributed by atoms with Crippen LogP contribution in [0.2, 0.25) is 0 Å². The molecule has 1 unspecified atom stereocenters. The number of carbonyl (C=O) groups excluding carboxylic acids is 1. The highest BCUT2D eigenvalue weighted by Gasteiger charge is 2.15. The molecule has 2 aromatic carbocycles. The van der Waals surface area contributed by atoms with Crippen LogP contribution >= 0.6 is 12.6 Å². The number of fused-ring (bicyclic) bond motifs is 1. The summed E-state index contributed by atoms with van der Waals surface area (Å²) < 4.78 is 5.90. The number of hydrogen-bond acceptors (Lipinski definition) is 3. The lowest BCUT2D eigenvalue weighted by Crippen LogP contribution is -2.19. The molecule has 0 saturated heterocycles. The van der Waals surface area contributed by atoms with Gasteiger partial charge in [0.15, 0.2) is 0 Å². The third kappa shape index (κ3) is 4.52. The average molecular weight is 327 g/mol. The van der Waals surface area contributed by atoms with Crippen molar-refractivity contribution in [1.82, 2.24) is 0 Å². The fraction of sp³-hybridized carbons (Fsp3) is 0.316. The van der Waals surface area contributed by atoms with Crippen molar-refractivity contribution in [1.29, 1.82) is 0 Å². The van der Waals surface area contributed by atoms with Crippen LogP contribution in [0, 0.1) is 0 Å². The number of aryl methyl sites for hydroxylation is 2. The molecule has 3 rings (SSSR count). The lowest BCUT2D eigenvalue weighted by molar-refractivity contribution is -0.116. The average Bonchev–Trinajstić information content (AvgIpc) is 2.56. The predicted octanol–water partition coefficient (Wildman–Crippen LogP) is 4.23. The molecular weight excluding hydrogens is 306 g/mol. The maximum Gasteiger partial charge on any atom is 0.224 e. The smallest absolute Gasteiger partial charge is 0.224 e. The first kappa shape index (κ1) is 15.9. The summed E-state index contributed by atoms with van der Waals surface area (Å²) in [7, 11) is 0. The molecule has 0 aromatic heterocycles. The Morgan fingerprint density at radius 2 is 1.96 bits per heavy atom. The minimum Gasteiger partial charge on any atom is -0.480 e. The van der Waals surface area contributed by atoms with E-state index in [2.05, 4.69) is 42.2 Å². The maximum absolute atomic E-state index is 11.4. The molecular formula is C19H21NO2S. The number of anilines is 1. The fourth-order valence-electron chi connectivity index (χ4n) is 2.77. The summed E-state index contributed by atoms with van der Waals surface area (Å²) >= 11 is 4.54. The molecule has 23 heavy (non-hydrogen) atoms. The summed E-state index contributed by atoms with van der Waals surface area (Å²) in [4.78, 5) is 11.4. The molecule has 1 N–H and O–H groups in total. The van der Waals surface area contributed by atoms with Crippen molar-refractivity contribution in [3.63, 3.8) is 0 Å². The largest absolute Gasteiger partial charge is 0.480 e. The second-order valence-electron chi connectivity index (χ2n) is 5.82. The molecule has 1 aliphatic rings. The van der Waals surface area contributed by atoms with E-state index in [1.807, 2.05) is 24.3 Å². The van der Waals surface area contributed by atoms with Crippen molar-refractivity contribution in [2.75, 3.05) is 5.32 Å². The molecule has 0 aliphatic carbocycles. The van der Waals surface area contributed by atoms with Crippen LogP contribution in [0.25, 0.3) is 0 Å². The van der Waals surface area contributed by atoms with Crippen molar-refractivity contribution >= 4 is 24.2 Å². The highest BCUT2D eigenvalue weighted by Crippen LogP contribution is 2.28. The first-order chi connectivity index (χ1) is 11.2. The molecule has 0 fully saturated rings. The molecule has 1 atom stereocenters. The Morgan fingerprint density at radius 3 is 2.78 bits per heavy atom. The monoisotopic (exact) mass is 327 g/mol. The Labute approximate surface area is 142 Å². The van der Waals surface area contributed by atoms with E-state index >= 15 is 0 Å². The topological polar surface area (TPSA) is 38.3 Å². The van der Waals surface area contributed by atoms with Gasteiger partial charge in [-0.05, 0) is 55.0 Å². The fourth-order valence-corrected chi connectivity index (χ4v) is 3.08. The van der Waals surface area contributed by atoms with Crippen LogP contribution in [-0.4, -0.2) is 11.3 Å². The van der Waals surface area contributed by atoms with E-state index in [0.717, 1.165) is 42.7 Å². The van der Waals surface area contributed by atoms with Gasteiger partial charge >= 0.3 is 0 Å². The van der Waals surface area contributed by atoms with Crippen LogP contribution < -0.4 is 10.1 Å². The minimum atomic E-state index is -0.116. The van der Waals surface area contributed by atoms with Crippen molar-refractivity contribution in [2.45, 2.75) is 37.5 Å². The summed E-state index contributed by atoms with van der Waals surface area (Å²) in [5, 5.41) is 2.88.